The normalized spacial score (nSPS) is 10.1. The van der Waals surface area contributed by atoms with Gasteiger partial charge < -0.3 is 9.47 Å². The predicted molar refractivity (Wildman–Crippen MR) is 109 cm³/mol. The molecule has 0 aliphatic heterocycles. The number of ketones is 1. The van der Waals surface area contributed by atoms with Gasteiger partial charge in [-0.3, -0.25) is 30.0 Å². The van der Waals surface area contributed by atoms with Crippen molar-refractivity contribution in [1.82, 2.24) is 10.9 Å². The highest BCUT2D eigenvalue weighted by atomic mass is 35.5. The van der Waals surface area contributed by atoms with Crippen molar-refractivity contribution in [2.24, 2.45) is 0 Å². The highest BCUT2D eigenvalue weighted by Gasteiger charge is 2.13. The highest BCUT2D eigenvalue weighted by Crippen LogP contribution is 2.14. The minimum absolute atomic E-state index is 0.0122. The SMILES string of the molecule is COc1cccc(C(=O)COC(=O)CCCC(=O)NNC(=O)c2ccccc2Cl)c1. The number of Topliss-reactive ketones (excluding diaryl/α,β-unsaturated/α-hetero) is 1. The van der Waals surface area contributed by atoms with E-state index in [-0.39, 0.29) is 35.6 Å². The number of amides is 2. The zero-order chi connectivity index (χ0) is 21.9. The number of hydrogen-bond acceptors (Lipinski definition) is 6. The second kappa shape index (κ2) is 11.6. The first-order valence-electron chi connectivity index (χ1n) is 9.07. The minimum Gasteiger partial charge on any atom is -0.497 e. The molecule has 158 valence electrons. The smallest absolute Gasteiger partial charge is 0.306 e. The number of halogens is 1. The number of hydrazine groups is 1. The van der Waals surface area contributed by atoms with E-state index < -0.39 is 24.4 Å². The molecule has 0 unspecified atom stereocenters. The molecule has 0 bridgehead atoms. The van der Waals surface area contributed by atoms with E-state index in [1.54, 1.807) is 42.5 Å². The molecule has 2 N–H and O–H groups in total. The zero-order valence-corrected chi connectivity index (χ0v) is 17.0. The molecule has 0 aliphatic carbocycles. The lowest BCUT2D eigenvalue weighted by Gasteiger charge is -2.08. The second-order valence-electron chi connectivity index (χ2n) is 6.15. The highest BCUT2D eigenvalue weighted by molar-refractivity contribution is 6.33. The van der Waals surface area contributed by atoms with Crippen LogP contribution in [0.25, 0.3) is 0 Å². The fourth-order valence-electron chi connectivity index (χ4n) is 2.39. The van der Waals surface area contributed by atoms with Gasteiger partial charge in [-0.25, -0.2) is 0 Å². The van der Waals surface area contributed by atoms with Crippen molar-refractivity contribution in [3.05, 3.63) is 64.7 Å². The third-order valence-corrected chi connectivity index (χ3v) is 4.30. The molecule has 0 atom stereocenters. The van der Waals surface area contributed by atoms with Gasteiger partial charge in [0.1, 0.15) is 5.75 Å². The monoisotopic (exact) mass is 432 g/mol. The maximum Gasteiger partial charge on any atom is 0.306 e. The van der Waals surface area contributed by atoms with Gasteiger partial charge in [-0.15, -0.1) is 0 Å². The number of methoxy groups -OCH3 is 1. The fraction of sp³-hybridized carbons (Fsp3) is 0.238. The van der Waals surface area contributed by atoms with Crippen LogP contribution in [0.2, 0.25) is 5.02 Å². The van der Waals surface area contributed by atoms with Crippen molar-refractivity contribution in [3.8, 4) is 5.75 Å². The van der Waals surface area contributed by atoms with Crippen LogP contribution in [0.4, 0.5) is 0 Å². The first kappa shape index (κ1) is 22.9. The van der Waals surface area contributed by atoms with Gasteiger partial charge in [-0.1, -0.05) is 35.9 Å². The Morgan fingerprint density at radius 3 is 2.47 bits per heavy atom. The Morgan fingerprint density at radius 2 is 1.73 bits per heavy atom. The summed E-state index contributed by atoms with van der Waals surface area (Å²) >= 11 is 5.90. The Bertz CT molecular complexity index is 931. The third kappa shape index (κ3) is 7.21. The van der Waals surface area contributed by atoms with Crippen LogP contribution in [0.1, 0.15) is 40.0 Å². The van der Waals surface area contributed by atoms with Crippen molar-refractivity contribution in [2.75, 3.05) is 13.7 Å². The van der Waals surface area contributed by atoms with Gasteiger partial charge in [0.2, 0.25) is 5.91 Å². The Balaban J connectivity index is 1.65. The molecular formula is C21H21ClN2O6. The summed E-state index contributed by atoms with van der Waals surface area (Å²) in [5.41, 5.74) is 5.10. The summed E-state index contributed by atoms with van der Waals surface area (Å²) in [7, 11) is 1.49. The number of nitrogens with one attached hydrogen (secondary N) is 2. The summed E-state index contributed by atoms with van der Waals surface area (Å²) < 4.78 is 9.98. The molecule has 0 spiro atoms. The first-order chi connectivity index (χ1) is 14.4. The molecule has 0 aromatic heterocycles. The number of rotatable bonds is 9. The summed E-state index contributed by atoms with van der Waals surface area (Å²) in [4.78, 5) is 47.5. The zero-order valence-electron chi connectivity index (χ0n) is 16.3. The van der Waals surface area contributed by atoms with Gasteiger partial charge in [-0.05, 0) is 30.7 Å². The van der Waals surface area contributed by atoms with E-state index in [9.17, 15) is 19.2 Å². The van der Waals surface area contributed by atoms with E-state index in [2.05, 4.69) is 10.9 Å². The van der Waals surface area contributed by atoms with Crippen LogP contribution in [-0.2, 0) is 14.3 Å². The third-order valence-electron chi connectivity index (χ3n) is 3.97. The van der Waals surface area contributed by atoms with Crippen LogP contribution >= 0.6 is 11.6 Å². The Hall–Kier alpha value is -3.39. The van der Waals surface area contributed by atoms with Gasteiger partial charge in [-0.2, -0.15) is 0 Å². The quantitative estimate of drug-likeness (QED) is 0.358. The Morgan fingerprint density at radius 1 is 0.967 bits per heavy atom. The molecule has 30 heavy (non-hydrogen) atoms. The number of hydrogen-bond donors (Lipinski definition) is 2. The summed E-state index contributed by atoms with van der Waals surface area (Å²) in [6.07, 6.45) is 0.138. The average molecular weight is 433 g/mol. The molecule has 2 aromatic rings. The van der Waals surface area contributed by atoms with E-state index >= 15 is 0 Å². The first-order valence-corrected chi connectivity index (χ1v) is 9.45. The standard InChI is InChI=1S/C21H21ClN2O6/c1-29-15-7-4-6-14(12-15)18(25)13-30-20(27)11-5-10-19(26)23-24-21(28)16-8-2-3-9-17(16)22/h2-4,6-9,12H,5,10-11,13H2,1H3,(H,23,26)(H,24,28). The van der Waals surface area contributed by atoms with Crippen LogP contribution in [0.5, 0.6) is 5.75 Å². The van der Waals surface area contributed by atoms with E-state index in [0.717, 1.165) is 0 Å². The Kier molecular flexibility index (Phi) is 8.83. The maximum atomic E-state index is 12.0. The lowest BCUT2D eigenvalue weighted by Crippen LogP contribution is -2.41. The van der Waals surface area contributed by atoms with E-state index in [0.29, 0.717) is 11.3 Å². The summed E-state index contributed by atoms with van der Waals surface area (Å²) in [6, 6.07) is 12.9. The molecule has 2 aromatic carbocycles. The molecule has 9 heteroatoms. The van der Waals surface area contributed by atoms with E-state index in [4.69, 9.17) is 21.1 Å². The molecule has 0 saturated heterocycles. The van der Waals surface area contributed by atoms with Gasteiger partial charge in [0.15, 0.2) is 12.4 Å². The lowest BCUT2D eigenvalue weighted by atomic mass is 10.1. The van der Waals surface area contributed by atoms with Gasteiger partial charge in [0.05, 0.1) is 17.7 Å². The van der Waals surface area contributed by atoms with Crippen LogP contribution in [0.15, 0.2) is 48.5 Å². The molecular weight excluding hydrogens is 412 g/mol. The molecule has 2 amide bonds. The van der Waals surface area contributed by atoms with Gasteiger partial charge in [0, 0.05) is 18.4 Å². The number of carbonyl (C=O) groups is 4. The second-order valence-corrected chi connectivity index (χ2v) is 6.56. The largest absolute Gasteiger partial charge is 0.497 e. The van der Waals surface area contributed by atoms with Crippen molar-refractivity contribution < 1.29 is 28.7 Å². The van der Waals surface area contributed by atoms with Crippen LogP contribution in [0.3, 0.4) is 0 Å². The summed E-state index contributed by atoms with van der Waals surface area (Å²) in [5, 5.41) is 0.260. The van der Waals surface area contributed by atoms with E-state index in [1.807, 2.05) is 0 Å². The number of esters is 1. The molecule has 0 fully saturated rings. The van der Waals surface area contributed by atoms with E-state index in [1.165, 1.54) is 13.2 Å². The minimum atomic E-state index is -0.598. The van der Waals surface area contributed by atoms with Crippen LogP contribution in [0, 0.1) is 0 Å². The number of ether oxygens (including phenoxy) is 2. The maximum absolute atomic E-state index is 12.0. The number of carbonyl (C=O) groups excluding carboxylic acids is 4. The average Bonchev–Trinajstić information content (AvgIpc) is 2.76. The predicted octanol–water partition coefficient (Wildman–Crippen LogP) is 2.71. The van der Waals surface area contributed by atoms with Crippen molar-refractivity contribution in [3.63, 3.8) is 0 Å². The van der Waals surface area contributed by atoms with Crippen LogP contribution < -0.4 is 15.6 Å². The molecule has 0 radical (unpaired) electrons. The fourth-order valence-corrected chi connectivity index (χ4v) is 2.61. The molecule has 2 rings (SSSR count). The van der Waals surface area contributed by atoms with Crippen molar-refractivity contribution in [1.29, 1.82) is 0 Å². The Labute approximate surface area is 178 Å². The topological polar surface area (TPSA) is 111 Å². The summed E-state index contributed by atoms with van der Waals surface area (Å²) in [6.45, 7) is -0.397. The van der Waals surface area contributed by atoms with Crippen molar-refractivity contribution >= 4 is 35.2 Å². The lowest BCUT2D eigenvalue weighted by molar-refractivity contribution is -0.142. The van der Waals surface area contributed by atoms with Crippen molar-refractivity contribution in [2.45, 2.75) is 19.3 Å². The molecule has 8 nitrogen and oxygen atoms in total. The summed E-state index contributed by atoms with van der Waals surface area (Å²) in [5.74, 6) is -1.46. The van der Waals surface area contributed by atoms with Gasteiger partial charge >= 0.3 is 5.97 Å². The molecule has 0 saturated carbocycles. The molecule has 0 aliphatic rings. The number of benzene rings is 2. The van der Waals surface area contributed by atoms with Crippen LogP contribution in [-0.4, -0.2) is 37.3 Å². The van der Waals surface area contributed by atoms with Gasteiger partial charge in [0.25, 0.3) is 5.91 Å². The molecule has 0 heterocycles.